The van der Waals surface area contributed by atoms with E-state index in [2.05, 4.69) is 104 Å². The van der Waals surface area contributed by atoms with Crippen molar-refractivity contribution in [3.8, 4) is 0 Å². The van der Waals surface area contributed by atoms with E-state index >= 15 is 0 Å². The summed E-state index contributed by atoms with van der Waals surface area (Å²) in [6, 6.07) is 23.7. The Kier molecular flexibility index (Phi) is 15.2. The fourth-order valence-electron chi connectivity index (χ4n) is 9.75. The summed E-state index contributed by atoms with van der Waals surface area (Å²) in [4.78, 5) is 12.3. The summed E-state index contributed by atoms with van der Waals surface area (Å²) in [7, 11) is -2.44. The van der Waals surface area contributed by atoms with Gasteiger partial charge in [-0.25, -0.2) is 0 Å². The number of benzene rings is 2. The average Bonchev–Trinajstić information content (AvgIpc) is 3.46. The molecule has 2 aliphatic carbocycles. The third-order valence-electron chi connectivity index (χ3n) is 13.2. The summed E-state index contributed by atoms with van der Waals surface area (Å²) >= 11 is 0. The monoisotopic (exact) mass is 802 g/mol. The zero-order valence-corrected chi connectivity index (χ0v) is 37.6. The van der Waals surface area contributed by atoms with Gasteiger partial charge in [0.2, 0.25) is 0 Å². The Labute approximate surface area is 332 Å². The highest BCUT2D eigenvalue weighted by Gasteiger charge is 2.70. The molecule has 0 aromatic heterocycles. The maximum absolute atomic E-state index is 13.7. The zero-order valence-electron chi connectivity index (χ0n) is 35.6. The summed E-state index contributed by atoms with van der Waals surface area (Å²) in [6.45, 7) is 19.8. The summed E-state index contributed by atoms with van der Waals surface area (Å²) in [5.41, 5.74) is -5.03. The number of methoxy groups -OCH3 is 2. The molecule has 10 nitrogen and oxygen atoms in total. The fraction of sp³-hybridized carbons (Fsp3) is 0.698. The largest absolute Gasteiger partial charge is 0.463 e. The van der Waals surface area contributed by atoms with E-state index in [-0.39, 0.29) is 48.9 Å². The number of hydrogen-bond donors (Lipinski definition) is 2. The first-order valence-corrected chi connectivity index (χ1v) is 24.6. The van der Waals surface area contributed by atoms with E-state index in [9.17, 15) is 15.0 Å². The molecule has 0 saturated heterocycles. The minimum absolute atomic E-state index is 0.0106. The number of hydrogen-bond acceptors (Lipinski definition) is 10. The van der Waals surface area contributed by atoms with Gasteiger partial charge in [-0.1, -0.05) is 109 Å². The molecular formula is C43H70O10Si2. The lowest BCUT2D eigenvalue weighted by molar-refractivity contribution is -0.277. The second-order valence-electron chi connectivity index (χ2n) is 17.4. The van der Waals surface area contributed by atoms with Crippen LogP contribution < -0.4 is 10.4 Å². The third-order valence-corrected chi connectivity index (χ3v) is 22.8. The van der Waals surface area contributed by atoms with Gasteiger partial charge >= 0.3 is 5.97 Å². The molecule has 2 aliphatic rings. The van der Waals surface area contributed by atoms with Crippen LogP contribution in [0.25, 0.3) is 0 Å². The molecule has 2 saturated carbocycles. The predicted octanol–water partition coefficient (Wildman–Crippen LogP) is 6.41. The summed E-state index contributed by atoms with van der Waals surface area (Å²) < 4.78 is 45.1. The van der Waals surface area contributed by atoms with Gasteiger partial charge < -0.3 is 42.7 Å². The van der Waals surface area contributed by atoms with Crippen molar-refractivity contribution >= 4 is 33.0 Å². The van der Waals surface area contributed by atoms with Crippen LogP contribution >= 0.6 is 0 Å². The second-order valence-corrected chi connectivity index (χ2v) is 26.4. The lowest BCUT2D eigenvalue weighted by Crippen LogP contribution is -2.72. The maximum Gasteiger partial charge on any atom is 0.302 e. The van der Waals surface area contributed by atoms with Crippen LogP contribution in [0.4, 0.5) is 0 Å². The standard InChI is InChI=1S/C43H70O10Si2/c1-13-54(14-2,15-3)53-39-38-31(4)36(52-55(40(6,7)8,33-22-18-16-19-23-33)34-24-20-17-21-25-34)26-35(38)41(9,51-30-48-12)27-37(50-29-47-11)43(39,46)42(10,45)28-49-32(5)44/h16-25,31,35-39,45-46H,13-15,26-30H2,1-12H3/t31-,35-,36-,37-,38+,39-,41-,42+,43+/m0/s1. The van der Waals surface area contributed by atoms with Crippen LogP contribution in [-0.2, 0) is 37.3 Å². The Balaban J connectivity index is 2.04. The van der Waals surface area contributed by atoms with E-state index < -0.39 is 58.2 Å². The predicted molar refractivity (Wildman–Crippen MR) is 220 cm³/mol. The van der Waals surface area contributed by atoms with Crippen molar-refractivity contribution in [3.63, 3.8) is 0 Å². The molecular weight excluding hydrogens is 733 g/mol. The Hall–Kier alpha value is -1.98. The van der Waals surface area contributed by atoms with Gasteiger partial charge in [0.15, 0.2) is 8.32 Å². The molecule has 2 aromatic rings. The molecule has 2 N–H and O–H groups in total. The first-order chi connectivity index (χ1) is 25.9. The van der Waals surface area contributed by atoms with Crippen molar-refractivity contribution in [3.05, 3.63) is 60.7 Å². The lowest BCUT2D eigenvalue weighted by Gasteiger charge is -2.53. The smallest absolute Gasteiger partial charge is 0.302 e. The van der Waals surface area contributed by atoms with Crippen LogP contribution in [-0.4, -0.2) is 102 Å². The van der Waals surface area contributed by atoms with Gasteiger partial charge in [0.25, 0.3) is 8.32 Å². The number of carbonyl (C=O) groups excluding carboxylic acids is 1. The van der Waals surface area contributed by atoms with E-state index in [1.165, 1.54) is 31.3 Å². The quantitative estimate of drug-likeness (QED) is 0.0994. The van der Waals surface area contributed by atoms with Crippen molar-refractivity contribution in [1.29, 1.82) is 0 Å². The molecule has 4 rings (SSSR count). The summed E-state index contributed by atoms with van der Waals surface area (Å²) in [6.07, 6.45) is -1.50. The first-order valence-electron chi connectivity index (χ1n) is 20.1. The molecule has 55 heavy (non-hydrogen) atoms. The van der Waals surface area contributed by atoms with Gasteiger partial charge in [-0.15, -0.1) is 0 Å². The SMILES string of the molecule is CC[Si](CC)(CC)O[C@H]1[C@@H]2[C@@H](C)[C@@H](O[Si](c3ccccc3)(c3ccccc3)C(C)(C)C)C[C@@H]2[C@@](C)(OCOC)C[C@H](OCOC)[C@]1(O)[C@](C)(O)COC(C)=O. The van der Waals surface area contributed by atoms with Crippen LogP contribution in [0.1, 0.15) is 82.1 Å². The first kappa shape index (κ1) is 45.7. The van der Waals surface area contributed by atoms with E-state index in [1.807, 2.05) is 12.1 Å². The Morgan fingerprint density at radius 3 is 1.85 bits per heavy atom. The number of aliphatic hydroxyl groups is 2. The van der Waals surface area contributed by atoms with Gasteiger partial charge in [-0.2, -0.15) is 0 Å². The number of fused-ring (bicyclic) bond motifs is 1. The van der Waals surface area contributed by atoms with Gasteiger partial charge in [-0.3, -0.25) is 4.79 Å². The minimum Gasteiger partial charge on any atom is -0.463 e. The molecule has 0 spiro atoms. The molecule has 2 fully saturated rings. The molecule has 0 bridgehead atoms. The van der Waals surface area contributed by atoms with Crippen LogP contribution in [0, 0.1) is 17.8 Å². The molecule has 9 atom stereocenters. The Morgan fingerprint density at radius 2 is 1.40 bits per heavy atom. The van der Waals surface area contributed by atoms with Crippen molar-refractivity contribution < 1.29 is 47.5 Å². The van der Waals surface area contributed by atoms with E-state index in [0.717, 1.165) is 18.1 Å². The highest BCUT2D eigenvalue weighted by Crippen LogP contribution is 2.58. The fourth-order valence-corrected chi connectivity index (χ4v) is 17.4. The topological polar surface area (TPSA) is 122 Å². The molecule has 0 radical (unpaired) electrons. The zero-order chi connectivity index (χ0) is 40.9. The third kappa shape index (κ3) is 8.89. The maximum atomic E-state index is 13.7. The molecule has 310 valence electrons. The molecule has 0 heterocycles. The number of ether oxygens (including phenoxy) is 5. The summed E-state index contributed by atoms with van der Waals surface area (Å²) in [5.74, 6) is -1.36. The number of rotatable bonds is 18. The summed E-state index contributed by atoms with van der Waals surface area (Å²) in [5, 5.41) is 28.4. The number of carbonyl (C=O) groups is 1. The van der Waals surface area contributed by atoms with Crippen molar-refractivity contribution in [2.75, 3.05) is 34.4 Å². The van der Waals surface area contributed by atoms with Gasteiger partial charge in [0.05, 0.1) is 17.8 Å². The Bertz CT molecular complexity index is 1450. The Morgan fingerprint density at radius 1 is 0.873 bits per heavy atom. The van der Waals surface area contributed by atoms with Gasteiger partial charge in [0.1, 0.15) is 31.4 Å². The normalized spacial score (nSPS) is 30.0. The van der Waals surface area contributed by atoms with Crippen molar-refractivity contribution in [2.24, 2.45) is 17.8 Å². The number of esters is 1. The van der Waals surface area contributed by atoms with Crippen molar-refractivity contribution in [1.82, 2.24) is 0 Å². The highest BCUT2D eigenvalue weighted by atomic mass is 28.4. The molecule has 12 heteroatoms. The van der Waals surface area contributed by atoms with Crippen LogP contribution in [0.5, 0.6) is 0 Å². The van der Waals surface area contributed by atoms with E-state index in [4.69, 9.17) is 32.5 Å². The van der Waals surface area contributed by atoms with Crippen LogP contribution in [0.3, 0.4) is 0 Å². The molecule has 0 unspecified atom stereocenters. The van der Waals surface area contributed by atoms with Crippen molar-refractivity contribution in [2.45, 2.75) is 140 Å². The minimum atomic E-state index is -3.03. The second kappa shape index (κ2) is 18.3. The van der Waals surface area contributed by atoms with Crippen LogP contribution in [0.15, 0.2) is 60.7 Å². The van der Waals surface area contributed by atoms with Gasteiger partial charge in [-0.05, 0) is 71.6 Å². The van der Waals surface area contributed by atoms with E-state index in [0.29, 0.717) is 6.42 Å². The molecule has 0 amide bonds. The van der Waals surface area contributed by atoms with E-state index in [1.54, 1.807) is 7.11 Å². The van der Waals surface area contributed by atoms with Gasteiger partial charge in [0, 0.05) is 33.7 Å². The highest BCUT2D eigenvalue weighted by molar-refractivity contribution is 6.99. The molecule has 2 aromatic carbocycles. The lowest BCUT2D eigenvalue weighted by atomic mass is 9.70. The average molecular weight is 803 g/mol. The molecule has 0 aliphatic heterocycles. The van der Waals surface area contributed by atoms with Crippen LogP contribution in [0.2, 0.25) is 23.2 Å².